The van der Waals surface area contributed by atoms with E-state index in [-0.39, 0.29) is 5.82 Å². The number of aromatic nitrogens is 3. The number of aryl methyl sites for hydroxylation is 1. The van der Waals surface area contributed by atoms with Crippen molar-refractivity contribution in [3.05, 3.63) is 41.7 Å². The molecule has 84 valence electrons. The molecule has 2 aromatic rings. The fourth-order valence-electron chi connectivity index (χ4n) is 1.42. The zero-order chi connectivity index (χ0) is 11.4. The van der Waals surface area contributed by atoms with Crippen LogP contribution in [-0.4, -0.2) is 21.7 Å². The molecule has 16 heavy (non-hydrogen) atoms. The van der Waals surface area contributed by atoms with E-state index in [2.05, 4.69) is 20.5 Å². The number of hydrogen-bond acceptors (Lipinski definition) is 3. The molecule has 0 unspecified atom stereocenters. The Bertz CT molecular complexity index is 467. The lowest BCUT2D eigenvalue weighted by molar-refractivity contribution is 0.628. The van der Waals surface area contributed by atoms with Crippen LogP contribution in [0.5, 0.6) is 0 Å². The number of halogens is 1. The molecule has 0 saturated heterocycles. The van der Waals surface area contributed by atoms with E-state index in [1.165, 1.54) is 12.1 Å². The second-order valence-electron chi connectivity index (χ2n) is 3.52. The van der Waals surface area contributed by atoms with Crippen molar-refractivity contribution in [2.24, 2.45) is 0 Å². The standard InChI is InChI=1S/C11H13FN4/c1-8-14-11(16-15-8)5-6-13-10-4-2-3-9(12)7-10/h2-4,7,13H,5-6H2,1H3,(H,14,15,16). The monoisotopic (exact) mass is 220 g/mol. The van der Waals surface area contributed by atoms with Crippen molar-refractivity contribution in [3.63, 3.8) is 0 Å². The van der Waals surface area contributed by atoms with Crippen molar-refractivity contribution < 1.29 is 4.39 Å². The lowest BCUT2D eigenvalue weighted by atomic mass is 10.3. The van der Waals surface area contributed by atoms with Crippen LogP contribution >= 0.6 is 0 Å². The first-order chi connectivity index (χ1) is 7.74. The van der Waals surface area contributed by atoms with E-state index in [9.17, 15) is 4.39 Å². The number of aromatic amines is 1. The van der Waals surface area contributed by atoms with Crippen LogP contribution in [0.2, 0.25) is 0 Å². The first-order valence-corrected chi connectivity index (χ1v) is 5.11. The summed E-state index contributed by atoms with van der Waals surface area (Å²) in [6, 6.07) is 6.38. The van der Waals surface area contributed by atoms with Gasteiger partial charge in [-0.15, -0.1) is 0 Å². The Morgan fingerprint density at radius 3 is 3.00 bits per heavy atom. The van der Waals surface area contributed by atoms with Crippen LogP contribution in [0.25, 0.3) is 0 Å². The van der Waals surface area contributed by atoms with Gasteiger partial charge in [0.2, 0.25) is 0 Å². The zero-order valence-corrected chi connectivity index (χ0v) is 9.00. The van der Waals surface area contributed by atoms with Gasteiger partial charge in [0.15, 0.2) is 5.82 Å². The van der Waals surface area contributed by atoms with E-state index in [0.29, 0.717) is 13.0 Å². The Morgan fingerprint density at radius 1 is 1.44 bits per heavy atom. The van der Waals surface area contributed by atoms with Crippen LogP contribution < -0.4 is 5.32 Å². The second-order valence-corrected chi connectivity index (χ2v) is 3.52. The van der Waals surface area contributed by atoms with Crippen molar-refractivity contribution in [1.82, 2.24) is 15.2 Å². The number of nitrogens with one attached hydrogen (secondary N) is 2. The smallest absolute Gasteiger partial charge is 0.152 e. The summed E-state index contributed by atoms with van der Waals surface area (Å²) in [4.78, 5) is 4.18. The minimum atomic E-state index is -0.237. The van der Waals surface area contributed by atoms with Crippen molar-refractivity contribution >= 4 is 5.69 Å². The molecular weight excluding hydrogens is 207 g/mol. The van der Waals surface area contributed by atoms with Crippen LogP contribution in [0.3, 0.4) is 0 Å². The highest BCUT2D eigenvalue weighted by Gasteiger charge is 1.99. The van der Waals surface area contributed by atoms with Gasteiger partial charge in [-0.3, -0.25) is 5.10 Å². The lowest BCUT2D eigenvalue weighted by Crippen LogP contribution is -2.06. The zero-order valence-electron chi connectivity index (χ0n) is 9.00. The van der Waals surface area contributed by atoms with Gasteiger partial charge in [-0.2, -0.15) is 5.10 Å². The predicted octanol–water partition coefficient (Wildman–Crippen LogP) is 1.91. The molecule has 0 bridgehead atoms. The average molecular weight is 220 g/mol. The highest BCUT2D eigenvalue weighted by molar-refractivity contribution is 5.42. The molecule has 0 aliphatic heterocycles. The topological polar surface area (TPSA) is 53.6 Å². The molecule has 4 nitrogen and oxygen atoms in total. The summed E-state index contributed by atoms with van der Waals surface area (Å²) in [5.41, 5.74) is 0.771. The minimum absolute atomic E-state index is 0.237. The molecule has 0 amide bonds. The largest absolute Gasteiger partial charge is 0.385 e. The number of rotatable bonds is 4. The van der Waals surface area contributed by atoms with Gasteiger partial charge in [0, 0.05) is 18.7 Å². The Hall–Kier alpha value is -1.91. The molecule has 0 aliphatic rings. The fourth-order valence-corrected chi connectivity index (χ4v) is 1.42. The normalized spacial score (nSPS) is 10.4. The molecule has 2 rings (SSSR count). The van der Waals surface area contributed by atoms with Crippen molar-refractivity contribution in [3.8, 4) is 0 Å². The van der Waals surface area contributed by atoms with E-state index < -0.39 is 0 Å². The first kappa shape index (κ1) is 10.6. The van der Waals surface area contributed by atoms with Gasteiger partial charge in [0.05, 0.1) is 0 Å². The van der Waals surface area contributed by atoms with Crippen LogP contribution in [0, 0.1) is 12.7 Å². The summed E-state index contributed by atoms with van der Waals surface area (Å²) < 4.78 is 12.9. The Morgan fingerprint density at radius 2 is 2.31 bits per heavy atom. The quantitative estimate of drug-likeness (QED) is 0.827. The maximum absolute atomic E-state index is 12.9. The molecule has 1 aromatic carbocycles. The van der Waals surface area contributed by atoms with Crippen LogP contribution in [0.1, 0.15) is 11.6 Å². The molecule has 0 saturated carbocycles. The number of benzene rings is 1. The van der Waals surface area contributed by atoms with Gasteiger partial charge in [0.1, 0.15) is 11.6 Å². The molecule has 5 heteroatoms. The van der Waals surface area contributed by atoms with Gasteiger partial charge in [0.25, 0.3) is 0 Å². The third-order valence-corrected chi connectivity index (χ3v) is 2.15. The maximum Gasteiger partial charge on any atom is 0.152 e. The van der Waals surface area contributed by atoms with Gasteiger partial charge in [-0.1, -0.05) is 6.07 Å². The summed E-state index contributed by atoms with van der Waals surface area (Å²) in [6.07, 6.45) is 0.709. The minimum Gasteiger partial charge on any atom is -0.385 e. The van der Waals surface area contributed by atoms with Gasteiger partial charge < -0.3 is 5.32 Å². The van der Waals surface area contributed by atoms with E-state index >= 15 is 0 Å². The molecule has 0 aliphatic carbocycles. The highest BCUT2D eigenvalue weighted by atomic mass is 19.1. The fraction of sp³-hybridized carbons (Fsp3) is 0.273. The lowest BCUT2D eigenvalue weighted by Gasteiger charge is -2.04. The first-order valence-electron chi connectivity index (χ1n) is 5.11. The number of anilines is 1. The van der Waals surface area contributed by atoms with Crippen LogP contribution in [0.4, 0.5) is 10.1 Å². The molecule has 1 aromatic heterocycles. The Balaban J connectivity index is 1.84. The van der Waals surface area contributed by atoms with E-state index in [4.69, 9.17) is 0 Å². The van der Waals surface area contributed by atoms with E-state index in [1.54, 1.807) is 6.07 Å². The molecular formula is C11H13FN4. The maximum atomic E-state index is 12.9. The van der Waals surface area contributed by atoms with E-state index in [1.807, 2.05) is 13.0 Å². The molecule has 0 atom stereocenters. The Labute approximate surface area is 92.9 Å². The van der Waals surface area contributed by atoms with Crippen LogP contribution in [-0.2, 0) is 6.42 Å². The molecule has 0 spiro atoms. The number of H-pyrrole nitrogens is 1. The predicted molar refractivity (Wildman–Crippen MR) is 59.7 cm³/mol. The molecule has 1 heterocycles. The summed E-state index contributed by atoms with van der Waals surface area (Å²) in [7, 11) is 0. The molecule has 0 radical (unpaired) electrons. The van der Waals surface area contributed by atoms with Gasteiger partial charge in [-0.05, 0) is 25.1 Å². The third-order valence-electron chi connectivity index (χ3n) is 2.15. The van der Waals surface area contributed by atoms with Gasteiger partial charge >= 0.3 is 0 Å². The summed E-state index contributed by atoms with van der Waals surface area (Å²) in [5, 5.41) is 9.90. The number of nitrogens with zero attached hydrogens (tertiary/aromatic N) is 2. The molecule has 0 fully saturated rings. The summed E-state index contributed by atoms with van der Waals surface area (Å²) >= 11 is 0. The Kier molecular flexibility index (Phi) is 3.14. The second kappa shape index (κ2) is 4.74. The molecule has 2 N–H and O–H groups in total. The van der Waals surface area contributed by atoms with Crippen molar-refractivity contribution in [1.29, 1.82) is 0 Å². The van der Waals surface area contributed by atoms with Crippen molar-refractivity contribution in [2.75, 3.05) is 11.9 Å². The van der Waals surface area contributed by atoms with Crippen molar-refractivity contribution in [2.45, 2.75) is 13.3 Å². The van der Waals surface area contributed by atoms with E-state index in [0.717, 1.165) is 17.3 Å². The van der Waals surface area contributed by atoms with Gasteiger partial charge in [-0.25, -0.2) is 9.37 Å². The summed E-state index contributed by atoms with van der Waals surface area (Å²) in [6.45, 7) is 2.54. The van der Waals surface area contributed by atoms with Crippen LogP contribution in [0.15, 0.2) is 24.3 Å². The summed E-state index contributed by atoms with van der Waals surface area (Å²) in [5.74, 6) is 1.33. The third kappa shape index (κ3) is 2.79. The number of hydrogen-bond donors (Lipinski definition) is 2. The SMILES string of the molecule is Cc1nc(CCNc2cccc(F)c2)n[nH]1. The highest BCUT2D eigenvalue weighted by Crippen LogP contribution is 2.08. The average Bonchev–Trinajstić information content (AvgIpc) is 2.64.